The summed E-state index contributed by atoms with van der Waals surface area (Å²) >= 11 is 0. The molecule has 1 saturated heterocycles. The van der Waals surface area contributed by atoms with Gasteiger partial charge in [-0.2, -0.15) is 0 Å². The number of rotatable bonds is 3. The van der Waals surface area contributed by atoms with Crippen molar-refractivity contribution in [2.45, 2.75) is 38.3 Å². The normalized spacial score (nSPS) is 18.6. The molecule has 4 nitrogen and oxygen atoms in total. The smallest absolute Gasteiger partial charge is 0.130 e. The largest absolute Gasteiger partial charge is 0.381 e. The van der Waals surface area contributed by atoms with E-state index in [4.69, 9.17) is 10.5 Å². The number of ether oxygens (including phenoxy) is 1. The molecule has 0 aliphatic carbocycles. The minimum absolute atomic E-state index is 0.261. The number of benzene rings is 1. The second-order valence-corrected chi connectivity index (χ2v) is 5.49. The van der Waals surface area contributed by atoms with Gasteiger partial charge in [-0.1, -0.05) is 6.92 Å². The van der Waals surface area contributed by atoms with Crippen LogP contribution in [0.15, 0.2) is 18.2 Å². The van der Waals surface area contributed by atoms with Gasteiger partial charge < -0.3 is 15.0 Å². The topological polar surface area (TPSA) is 53.1 Å². The Hall–Kier alpha value is -1.46. The fraction of sp³-hybridized carbons (Fsp3) is 0.533. The van der Waals surface area contributed by atoms with Crippen LogP contribution in [0.4, 0.5) is 4.39 Å². The summed E-state index contributed by atoms with van der Waals surface area (Å²) in [6.07, 6.45) is 2.49. The van der Waals surface area contributed by atoms with E-state index in [9.17, 15) is 4.39 Å². The molecule has 5 heteroatoms. The highest BCUT2D eigenvalue weighted by molar-refractivity contribution is 5.76. The first-order valence-corrected chi connectivity index (χ1v) is 7.17. The number of aryl methyl sites for hydroxylation is 1. The van der Waals surface area contributed by atoms with E-state index in [2.05, 4.69) is 16.5 Å². The number of nitrogens with zero attached hydrogens (tertiary/aromatic N) is 2. The quantitative estimate of drug-likeness (QED) is 0.938. The number of imidazole rings is 1. The highest BCUT2D eigenvalue weighted by Crippen LogP contribution is 2.31. The lowest BCUT2D eigenvalue weighted by Crippen LogP contribution is -2.44. The van der Waals surface area contributed by atoms with Crippen LogP contribution in [0.3, 0.4) is 0 Å². The molecular formula is C15H20FN3O. The lowest BCUT2D eigenvalue weighted by Gasteiger charge is -2.33. The lowest BCUT2D eigenvalue weighted by atomic mass is 9.90. The summed E-state index contributed by atoms with van der Waals surface area (Å²) in [5.74, 6) is 0.603. The van der Waals surface area contributed by atoms with E-state index in [-0.39, 0.29) is 5.82 Å². The van der Waals surface area contributed by atoms with Gasteiger partial charge in [0.2, 0.25) is 0 Å². The maximum atomic E-state index is 13.4. The highest BCUT2D eigenvalue weighted by atomic mass is 19.1. The van der Waals surface area contributed by atoms with E-state index >= 15 is 0 Å². The molecule has 2 N–H and O–H groups in total. The number of nitrogens with two attached hydrogens (primary N) is 1. The summed E-state index contributed by atoms with van der Waals surface area (Å²) in [5, 5.41) is 0. The Labute approximate surface area is 117 Å². The first-order chi connectivity index (χ1) is 9.64. The van der Waals surface area contributed by atoms with Gasteiger partial charge in [0.25, 0.3) is 0 Å². The van der Waals surface area contributed by atoms with Crippen molar-refractivity contribution in [2.75, 3.05) is 13.2 Å². The average Bonchev–Trinajstić information content (AvgIpc) is 2.79. The van der Waals surface area contributed by atoms with Crippen molar-refractivity contribution >= 4 is 11.0 Å². The average molecular weight is 277 g/mol. The van der Waals surface area contributed by atoms with Crippen LogP contribution in [0.5, 0.6) is 0 Å². The van der Waals surface area contributed by atoms with Crippen LogP contribution in [0, 0.1) is 5.82 Å². The third-order valence-corrected chi connectivity index (χ3v) is 3.99. The van der Waals surface area contributed by atoms with E-state index in [1.807, 2.05) is 0 Å². The molecular weight excluding hydrogens is 257 g/mol. The molecule has 2 aromatic rings. The van der Waals surface area contributed by atoms with E-state index in [0.717, 1.165) is 37.1 Å². The van der Waals surface area contributed by atoms with Crippen LogP contribution in [0.25, 0.3) is 11.0 Å². The Kier molecular flexibility index (Phi) is 3.48. The van der Waals surface area contributed by atoms with Gasteiger partial charge in [0, 0.05) is 25.8 Å². The first kappa shape index (κ1) is 13.5. The predicted molar refractivity (Wildman–Crippen MR) is 75.9 cm³/mol. The molecule has 1 aliphatic heterocycles. The number of hydrogen-bond donors (Lipinski definition) is 1. The highest BCUT2D eigenvalue weighted by Gasteiger charge is 2.35. The van der Waals surface area contributed by atoms with Gasteiger partial charge >= 0.3 is 0 Å². The Bertz CT molecular complexity index is 617. The minimum Gasteiger partial charge on any atom is -0.381 e. The van der Waals surface area contributed by atoms with Gasteiger partial charge in [-0.3, -0.25) is 0 Å². The van der Waals surface area contributed by atoms with Gasteiger partial charge in [-0.05, 0) is 31.4 Å². The van der Waals surface area contributed by atoms with Crippen molar-refractivity contribution in [2.24, 2.45) is 5.73 Å². The molecule has 0 spiro atoms. The van der Waals surface area contributed by atoms with E-state index < -0.39 is 5.54 Å². The molecule has 0 radical (unpaired) electrons. The summed E-state index contributed by atoms with van der Waals surface area (Å²) in [4.78, 5) is 4.63. The van der Waals surface area contributed by atoms with Crippen LogP contribution in [0.2, 0.25) is 0 Å². The number of fused-ring (bicyclic) bond motifs is 1. The van der Waals surface area contributed by atoms with Crippen LogP contribution < -0.4 is 5.73 Å². The molecule has 20 heavy (non-hydrogen) atoms. The van der Waals surface area contributed by atoms with Gasteiger partial charge in [-0.15, -0.1) is 0 Å². The van der Waals surface area contributed by atoms with Crippen molar-refractivity contribution < 1.29 is 9.13 Å². The zero-order valence-corrected chi connectivity index (χ0v) is 11.7. The maximum Gasteiger partial charge on any atom is 0.130 e. The van der Waals surface area contributed by atoms with E-state index in [1.54, 1.807) is 6.07 Å². The number of aromatic nitrogens is 2. The first-order valence-electron chi connectivity index (χ1n) is 7.17. The molecule has 0 unspecified atom stereocenters. The Balaban J connectivity index is 2.15. The maximum absolute atomic E-state index is 13.4. The van der Waals surface area contributed by atoms with Gasteiger partial charge in [0.1, 0.15) is 11.6 Å². The molecule has 0 amide bonds. The van der Waals surface area contributed by atoms with E-state index in [1.165, 1.54) is 12.1 Å². The molecule has 0 atom stereocenters. The third-order valence-electron chi connectivity index (χ3n) is 3.99. The molecule has 2 heterocycles. The van der Waals surface area contributed by atoms with Gasteiger partial charge in [-0.25, -0.2) is 9.37 Å². The molecule has 1 aromatic carbocycles. The van der Waals surface area contributed by atoms with Crippen molar-refractivity contribution in [3.63, 3.8) is 0 Å². The fourth-order valence-electron chi connectivity index (χ4n) is 2.89. The summed E-state index contributed by atoms with van der Waals surface area (Å²) < 4.78 is 20.9. The van der Waals surface area contributed by atoms with Gasteiger partial charge in [0.05, 0.1) is 16.6 Å². The Morgan fingerprint density at radius 1 is 1.40 bits per heavy atom. The van der Waals surface area contributed by atoms with E-state index in [0.29, 0.717) is 18.7 Å². The van der Waals surface area contributed by atoms with Crippen molar-refractivity contribution in [3.8, 4) is 0 Å². The Morgan fingerprint density at radius 2 is 2.15 bits per heavy atom. The monoisotopic (exact) mass is 277 g/mol. The molecule has 1 fully saturated rings. The van der Waals surface area contributed by atoms with Crippen molar-refractivity contribution in [3.05, 3.63) is 29.8 Å². The molecule has 3 rings (SSSR count). The third kappa shape index (κ3) is 2.21. The SMILES string of the molecule is CCCn1c(C2(N)CCOCC2)nc2cc(F)ccc21. The standard InChI is InChI=1S/C15H20FN3O/c1-2-7-19-13-4-3-11(16)10-12(13)18-14(19)15(17)5-8-20-9-6-15/h3-4,10H,2,5-9,17H2,1H3. The van der Waals surface area contributed by atoms with Crippen LogP contribution in [-0.2, 0) is 16.8 Å². The predicted octanol–water partition coefficient (Wildman–Crippen LogP) is 2.55. The molecule has 0 bridgehead atoms. The second-order valence-electron chi connectivity index (χ2n) is 5.49. The minimum atomic E-state index is -0.469. The molecule has 1 aromatic heterocycles. The van der Waals surface area contributed by atoms with Crippen LogP contribution in [-0.4, -0.2) is 22.8 Å². The van der Waals surface area contributed by atoms with Crippen molar-refractivity contribution in [1.29, 1.82) is 0 Å². The fourth-order valence-corrected chi connectivity index (χ4v) is 2.89. The lowest BCUT2D eigenvalue weighted by molar-refractivity contribution is 0.0480. The summed E-state index contributed by atoms with van der Waals surface area (Å²) in [5.41, 5.74) is 7.73. The number of halogens is 1. The zero-order valence-electron chi connectivity index (χ0n) is 11.7. The Morgan fingerprint density at radius 3 is 2.85 bits per heavy atom. The molecule has 0 saturated carbocycles. The second kappa shape index (κ2) is 5.14. The zero-order chi connectivity index (χ0) is 14.2. The van der Waals surface area contributed by atoms with Crippen molar-refractivity contribution in [1.82, 2.24) is 9.55 Å². The molecule has 108 valence electrons. The number of hydrogen-bond acceptors (Lipinski definition) is 3. The molecule has 1 aliphatic rings. The van der Waals surface area contributed by atoms with Gasteiger partial charge in [0.15, 0.2) is 0 Å². The van der Waals surface area contributed by atoms with Crippen LogP contribution in [0.1, 0.15) is 32.0 Å². The van der Waals surface area contributed by atoms with Crippen LogP contribution >= 0.6 is 0 Å². The summed E-state index contributed by atoms with van der Waals surface area (Å²) in [6, 6.07) is 4.75. The summed E-state index contributed by atoms with van der Waals surface area (Å²) in [7, 11) is 0. The summed E-state index contributed by atoms with van der Waals surface area (Å²) in [6.45, 7) is 4.27.